The molecule has 3 atom stereocenters. The predicted octanol–water partition coefficient (Wildman–Crippen LogP) is 5.82. The number of piperidine rings is 1. The van der Waals surface area contributed by atoms with Crippen LogP contribution in [0.2, 0.25) is 10.0 Å². The first-order chi connectivity index (χ1) is 14.5. The highest BCUT2D eigenvalue weighted by molar-refractivity contribution is 9.11. The number of carbonyl (C=O) groups excluding carboxylic acids is 1. The third-order valence-corrected chi connectivity index (χ3v) is 8.46. The van der Waals surface area contributed by atoms with Gasteiger partial charge in [0, 0.05) is 33.8 Å². The van der Waals surface area contributed by atoms with Crippen molar-refractivity contribution in [2.45, 2.75) is 50.3 Å². The molecule has 0 saturated carbocycles. The lowest BCUT2D eigenvalue weighted by molar-refractivity contribution is -0.120. The highest BCUT2D eigenvalue weighted by Crippen LogP contribution is 2.45. The molecular formula is C21H25BrCl2N4OS. The molecule has 9 heteroatoms. The number of hydrazine groups is 1. The molecule has 4 rings (SSSR count). The Balaban J connectivity index is 1.65. The molecule has 1 aromatic carbocycles. The van der Waals surface area contributed by atoms with E-state index in [1.165, 1.54) is 10.9 Å². The summed E-state index contributed by atoms with van der Waals surface area (Å²) in [6.45, 7) is 3.90. The molecule has 0 bridgehead atoms. The quantitative estimate of drug-likeness (QED) is 0.519. The van der Waals surface area contributed by atoms with E-state index in [1.54, 1.807) is 17.8 Å². The summed E-state index contributed by atoms with van der Waals surface area (Å²) in [5, 5.41) is 12.4. The molecule has 3 aliphatic heterocycles. The largest absolute Gasteiger partial charge is 0.284 e. The maximum atomic E-state index is 13.2. The van der Waals surface area contributed by atoms with E-state index in [2.05, 4.69) is 33.7 Å². The Kier molecular flexibility index (Phi) is 7.35. The molecule has 162 valence electrons. The van der Waals surface area contributed by atoms with Gasteiger partial charge in [0.2, 0.25) is 0 Å². The zero-order chi connectivity index (χ0) is 21.3. The SMILES string of the molecule is CC[C@H]1C(C(=O)NN2CCCCC2)=NN(c2ccc(Cl)cc2Cl)[C@@H]1C1CC(Br)=CS1. The lowest BCUT2D eigenvalue weighted by Gasteiger charge is -2.32. The highest BCUT2D eigenvalue weighted by Gasteiger charge is 2.46. The van der Waals surface area contributed by atoms with Gasteiger partial charge in [-0.15, -0.1) is 11.8 Å². The van der Waals surface area contributed by atoms with Crippen LogP contribution in [0.25, 0.3) is 0 Å². The van der Waals surface area contributed by atoms with Gasteiger partial charge in [0.25, 0.3) is 5.91 Å². The van der Waals surface area contributed by atoms with Gasteiger partial charge in [-0.2, -0.15) is 5.10 Å². The molecule has 5 nitrogen and oxygen atoms in total. The van der Waals surface area contributed by atoms with Gasteiger partial charge in [-0.1, -0.05) is 52.5 Å². The fraction of sp³-hybridized carbons (Fsp3) is 0.524. The zero-order valence-corrected chi connectivity index (χ0v) is 20.7. The van der Waals surface area contributed by atoms with Crippen molar-refractivity contribution in [1.29, 1.82) is 0 Å². The van der Waals surface area contributed by atoms with Crippen molar-refractivity contribution in [3.05, 3.63) is 38.1 Å². The Morgan fingerprint density at radius 3 is 2.70 bits per heavy atom. The molecule has 3 heterocycles. The van der Waals surface area contributed by atoms with Gasteiger partial charge >= 0.3 is 0 Å². The van der Waals surface area contributed by atoms with Crippen LogP contribution in [-0.2, 0) is 4.79 Å². The normalized spacial score (nSPS) is 27.2. The first-order valence-corrected chi connectivity index (χ1v) is 12.9. The second-order valence-electron chi connectivity index (χ2n) is 7.86. The van der Waals surface area contributed by atoms with Crippen molar-refractivity contribution in [3.8, 4) is 0 Å². The minimum absolute atomic E-state index is 0.0193. The third kappa shape index (κ3) is 4.70. The van der Waals surface area contributed by atoms with E-state index in [0.29, 0.717) is 15.8 Å². The van der Waals surface area contributed by atoms with Gasteiger partial charge < -0.3 is 0 Å². The summed E-state index contributed by atoms with van der Waals surface area (Å²) in [5.41, 5.74) is 4.47. The Labute approximate surface area is 200 Å². The van der Waals surface area contributed by atoms with Crippen molar-refractivity contribution in [2.24, 2.45) is 11.0 Å². The topological polar surface area (TPSA) is 47.9 Å². The summed E-state index contributed by atoms with van der Waals surface area (Å²) in [6.07, 6.45) is 5.17. The van der Waals surface area contributed by atoms with Gasteiger partial charge in [-0.25, -0.2) is 5.01 Å². The van der Waals surface area contributed by atoms with Crippen molar-refractivity contribution >= 4 is 68.2 Å². The number of amides is 1. The number of rotatable bonds is 5. The lowest BCUT2D eigenvalue weighted by atomic mass is 9.89. The second-order valence-corrected chi connectivity index (χ2v) is 10.8. The molecular weight excluding hydrogens is 507 g/mol. The molecule has 0 aromatic heterocycles. The second kappa shape index (κ2) is 9.82. The number of hydrogen-bond donors (Lipinski definition) is 1. The van der Waals surface area contributed by atoms with Crippen molar-refractivity contribution in [2.75, 3.05) is 18.1 Å². The molecule has 3 aliphatic rings. The van der Waals surface area contributed by atoms with Crippen molar-refractivity contribution < 1.29 is 4.79 Å². The molecule has 1 unspecified atom stereocenters. The number of carbonyl (C=O) groups is 1. The number of nitrogens with zero attached hydrogens (tertiary/aromatic N) is 3. The van der Waals surface area contributed by atoms with Crippen molar-refractivity contribution in [3.63, 3.8) is 0 Å². The summed E-state index contributed by atoms with van der Waals surface area (Å²) in [5.74, 6) is -0.0813. The van der Waals surface area contributed by atoms with Crippen LogP contribution in [0.3, 0.4) is 0 Å². The Morgan fingerprint density at radius 1 is 1.30 bits per heavy atom. The molecule has 1 saturated heterocycles. The zero-order valence-electron chi connectivity index (χ0n) is 16.8. The minimum Gasteiger partial charge on any atom is -0.284 e. The maximum Gasteiger partial charge on any atom is 0.282 e. The fourth-order valence-electron chi connectivity index (χ4n) is 4.39. The lowest BCUT2D eigenvalue weighted by Crippen LogP contribution is -2.49. The molecule has 30 heavy (non-hydrogen) atoms. The van der Waals surface area contributed by atoms with E-state index in [4.69, 9.17) is 28.3 Å². The van der Waals surface area contributed by atoms with Gasteiger partial charge in [0.1, 0.15) is 5.71 Å². The number of thioether (sulfide) groups is 1. The van der Waals surface area contributed by atoms with E-state index in [9.17, 15) is 4.79 Å². The van der Waals surface area contributed by atoms with Crippen LogP contribution in [0, 0.1) is 5.92 Å². The van der Waals surface area contributed by atoms with Crippen LogP contribution in [0.4, 0.5) is 5.69 Å². The third-order valence-electron chi connectivity index (χ3n) is 5.85. The first-order valence-electron chi connectivity index (χ1n) is 10.4. The minimum atomic E-state index is -0.101. The van der Waals surface area contributed by atoms with Crippen LogP contribution in [0.1, 0.15) is 39.0 Å². The molecule has 1 aromatic rings. The fourth-order valence-corrected chi connectivity index (χ4v) is 6.94. The molecule has 0 spiro atoms. The summed E-state index contributed by atoms with van der Waals surface area (Å²) in [7, 11) is 0. The van der Waals surface area contributed by atoms with Crippen LogP contribution < -0.4 is 10.4 Å². The van der Waals surface area contributed by atoms with Crippen LogP contribution in [0.5, 0.6) is 0 Å². The number of anilines is 1. The highest BCUT2D eigenvalue weighted by atomic mass is 79.9. The summed E-state index contributed by atoms with van der Waals surface area (Å²) in [4.78, 5) is 13.2. The van der Waals surface area contributed by atoms with Gasteiger partial charge in [0.05, 0.1) is 16.8 Å². The van der Waals surface area contributed by atoms with E-state index < -0.39 is 0 Å². The van der Waals surface area contributed by atoms with E-state index in [1.807, 2.05) is 22.2 Å². The first kappa shape index (κ1) is 22.5. The van der Waals surface area contributed by atoms with E-state index in [0.717, 1.165) is 44.5 Å². The van der Waals surface area contributed by atoms with Gasteiger partial charge in [-0.05, 0) is 49.3 Å². The molecule has 0 aliphatic carbocycles. The molecule has 1 N–H and O–H groups in total. The number of halogens is 3. The standard InChI is InChI=1S/C21H25BrCl2N4OS/c1-2-15-19(21(29)26-27-8-4-3-5-9-27)25-28(17-7-6-14(23)11-16(17)24)20(15)18-10-13(22)12-30-18/h6-7,11-12,15,18,20H,2-5,8-10H2,1H3,(H,26,29)/t15-,18?,20-/m0/s1. The maximum absolute atomic E-state index is 13.2. The number of benzene rings is 1. The smallest absolute Gasteiger partial charge is 0.282 e. The number of hydrogen-bond acceptors (Lipinski definition) is 5. The average Bonchev–Trinajstić information content (AvgIpc) is 3.32. The molecule has 0 radical (unpaired) electrons. The van der Waals surface area contributed by atoms with Crippen LogP contribution >= 0.6 is 50.9 Å². The average molecular weight is 532 g/mol. The Bertz CT molecular complexity index is 875. The van der Waals surface area contributed by atoms with Crippen LogP contribution in [-0.4, -0.2) is 41.0 Å². The van der Waals surface area contributed by atoms with E-state index >= 15 is 0 Å². The van der Waals surface area contributed by atoms with E-state index in [-0.39, 0.29) is 23.1 Å². The summed E-state index contributed by atoms with van der Waals surface area (Å²) < 4.78 is 1.18. The number of hydrazone groups is 1. The molecule has 1 amide bonds. The summed E-state index contributed by atoms with van der Waals surface area (Å²) in [6, 6.07) is 5.47. The predicted molar refractivity (Wildman–Crippen MR) is 131 cm³/mol. The van der Waals surface area contributed by atoms with Gasteiger partial charge in [0.15, 0.2) is 0 Å². The van der Waals surface area contributed by atoms with Crippen molar-refractivity contribution in [1.82, 2.24) is 10.4 Å². The Morgan fingerprint density at radius 2 is 2.07 bits per heavy atom. The van der Waals surface area contributed by atoms with Crippen LogP contribution in [0.15, 0.2) is 33.2 Å². The number of nitrogens with one attached hydrogen (secondary N) is 1. The van der Waals surface area contributed by atoms with Gasteiger partial charge in [-0.3, -0.25) is 15.2 Å². The Hall–Kier alpha value is -0.730. The monoisotopic (exact) mass is 530 g/mol. The number of allylic oxidation sites excluding steroid dienone is 1. The molecule has 1 fully saturated rings. The summed E-state index contributed by atoms with van der Waals surface area (Å²) >= 11 is 18.1.